The van der Waals surface area contributed by atoms with E-state index in [0.29, 0.717) is 5.82 Å². The van der Waals surface area contributed by atoms with Crippen molar-refractivity contribution in [1.29, 1.82) is 0 Å². The molecule has 5 heteroatoms. The van der Waals surface area contributed by atoms with Gasteiger partial charge in [0.05, 0.1) is 6.04 Å². The fourth-order valence-electron chi connectivity index (χ4n) is 1.84. The molecule has 5 nitrogen and oxygen atoms in total. The van der Waals surface area contributed by atoms with Crippen LogP contribution in [0.25, 0.3) is 0 Å². The average Bonchev–Trinajstić information content (AvgIpc) is 2.81. The van der Waals surface area contributed by atoms with Gasteiger partial charge in [-0.15, -0.1) is 0 Å². The molecule has 2 aromatic heterocycles. The smallest absolute Gasteiger partial charge is 0.135 e. The summed E-state index contributed by atoms with van der Waals surface area (Å²) in [6.45, 7) is 7.88. The van der Waals surface area contributed by atoms with Crippen molar-refractivity contribution in [2.45, 2.75) is 40.2 Å². The molecule has 0 amide bonds. The molecule has 0 radical (unpaired) electrons. The summed E-state index contributed by atoms with van der Waals surface area (Å²) >= 11 is 0. The molecule has 102 valence electrons. The predicted molar refractivity (Wildman–Crippen MR) is 76.0 cm³/mol. The van der Waals surface area contributed by atoms with Gasteiger partial charge >= 0.3 is 0 Å². The highest BCUT2D eigenvalue weighted by Gasteiger charge is 2.14. The van der Waals surface area contributed by atoms with Crippen LogP contribution < -0.4 is 11.1 Å². The number of anilines is 2. The molecule has 1 unspecified atom stereocenters. The first kappa shape index (κ1) is 13.4. The summed E-state index contributed by atoms with van der Waals surface area (Å²) in [7, 11) is 0. The zero-order valence-electron chi connectivity index (χ0n) is 11.8. The summed E-state index contributed by atoms with van der Waals surface area (Å²) in [4.78, 5) is 8.72. The van der Waals surface area contributed by atoms with E-state index in [0.717, 1.165) is 35.1 Å². The second-order valence-electron chi connectivity index (χ2n) is 4.67. The Hall–Kier alpha value is -2.04. The third-order valence-electron chi connectivity index (χ3n) is 3.09. The third-order valence-corrected chi connectivity index (χ3v) is 3.09. The van der Waals surface area contributed by atoms with E-state index >= 15 is 0 Å². The first-order valence-electron chi connectivity index (χ1n) is 6.47. The van der Waals surface area contributed by atoms with Crippen LogP contribution in [-0.4, -0.2) is 9.97 Å². The first-order valence-corrected chi connectivity index (χ1v) is 6.47. The van der Waals surface area contributed by atoms with Crippen molar-refractivity contribution in [3.63, 3.8) is 0 Å². The molecule has 2 rings (SSSR count). The fraction of sp³-hybridized carbons (Fsp3) is 0.429. The SMILES string of the molecule is CCc1nc(N)c(C)c(NC(C)c2ccc(C)o2)n1. The quantitative estimate of drug-likeness (QED) is 0.883. The Kier molecular flexibility index (Phi) is 3.74. The van der Waals surface area contributed by atoms with Gasteiger partial charge in [0.25, 0.3) is 0 Å². The Morgan fingerprint density at radius 1 is 1.32 bits per heavy atom. The van der Waals surface area contributed by atoms with Crippen molar-refractivity contribution in [2.24, 2.45) is 0 Å². The lowest BCUT2D eigenvalue weighted by molar-refractivity contribution is 0.466. The number of aryl methyl sites for hydroxylation is 2. The molecule has 0 saturated heterocycles. The molecular weight excluding hydrogens is 240 g/mol. The van der Waals surface area contributed by atoms with E-state index in [9.17, 15) is 0 Å². The van der Waals surface area contributed by atoms with Gasteiger partial charge in [0.1, 0.15) is 29.0 Å². The molecule has 0 aliphatic rings. The van der Waals surface area contributed by atoms with Gasteiger partial charge in [-0.1, -0.05) is 6.92 Å². The Labute approximate surface area is 113 Å². The highest BCUT2D eigenvalue weighted by Crippen LogP contribution is 2.24. The second-order valence-corrected chi connectivity index (χ2v) is 4.67. The zero-order chi connectivity index (χ0) is 14.0. The molecule has 0 fully saturated rings. The monoisotopic (exact) mass is 260 g/mol. The van der Waals surface area contributed by atoms with Gasteiger partial charge in [-0.2, -0.15) is 0 Å². The number of hydrogen-bond donors (Lipinski definition) is 2. The molecule has 3 N–H and O–H groups in total. The minimum Gasteiger partial charge on any atom is -0.464 e. The standard InChI is InChI=1S/C14H20N4O/c1-5-12-17-13(15)9(3)14(18-12)16-10(4)11-7-6-8(2)19-11/h6-7,10H,5H2,1-4H3,(H3,15,16,17,18). The Morgan fingerprint density at radius 3 is 2.63 bits per heavy atom. The van der Waals surface area contributed by atoms with Gasteiger partial charge in [0, 0.05) is 12.0 Å². The number of rotatable bonds is 4. The number of hydrogen-bond acceptors (Lipinski definition) is 5. The summed E-state index contributed by atoms with van der Waals surface area (Å²) in [5.74, 6) is 3.82. The molecule has 0 aromatic carbocycles. The van der Waals surface area contributed by atoms with Crippen molar-refractivity contribution in [2.75, 3.05) is 11.1 Å². The van der Waals surface area contributed by atoms with Gasteiger partial charge in [-0.05, 0) is 32.9 Å². The minimum absolute atomic E-state index is 0.0337. The lowest BCUT2D eigenvalue weighted by atomic mass is 10.2. The molecule has 2 aromatic rings. The van der Waals surface area contributed by atoms with Gasteiger partial charge < -0.3 is 15.5 Å². The van der Waals surface area contributed by atoms with Crippen LogP contribution in [0, 0.1) is 13.8 Å². The molecule has 0 aliphatic carbocycles. The lowest BCUT2D eigenvalue weighted by Gasteiger charge is -2.15. The summed E-state index contributed by atoms with van der Waals surface area (Å²) in [5, 5.41) is 3.33. The lowest BCUT2D eigenvalue weighted by Crippen LogP contribution is -2.12. The van der Waals surface area contributed by atoms with Gasteiger partial charge in [-0.3, -0.25) is 0 Å². The van der Waals surface area contributed by atoms with Crippen LogP contribution in [0.2, 0.25) is 0 Å². The van der Waals surface area contributed by atoms with Crippen LogP contribution in [-0.2, 0) is 6.42 Å². The molecule has 1 atom stereocenters. The summed E-state index contributed by atoms with van der Waals surface area (Å²) in [6, 6.07) is 3.95. The maximum atomic E-state index is 5.90. The average molecular weight is 260 g/mol. The number of aromatic nitrogens is 2. The van der Waals surface area contributed by atoms with Crippen molar-refractivity contribution >= 4 is 11.6 Å². The topological polar surface area (TPSA) is 77.0 Å². The normalized spacial score (nSPS) is 12.4. The van der Waals surface area contributed by atoms with E-state index in [4.69, 9.17) is 10.2 Å². The van der Waals surface area contributed by atoms with E-state index < -0.39 is 0 Å². The van der Waals surface area contributed by atoms with Crippen LogP contribution >= 0.6 is 0 Å². The third kappa shape index (κ3) is 2.86. The van der Waals surface area contributed by atoms with Gasteiger partial charge in [-0.25, -0.2) is 9.97 Å². The van der Waals surface area contributed by atoms with Crippen molar-refractivity contribution in [3.05, 3.63) is 35.0 Å². The van der Waals surface area contributed by atoms with Crippen LogP contribution in [0.4, 0.5) is 11.6 Å². The Balaban J connectivity index is 2.25. The van der Waals surface area contributed by atoms with Gasteiger partial charge in [0.15, 0.2) is 0 Å². The second kappa shape index (κ2) is 5.30. The number of nitrogen functional groups attached to an aromatic ring is 1. The highest BCUT2D eigenvalue weighted by molar-refractivity contribution is 5.55. The fourth-order valence-corrected chi connectivity index (χ4v) is 1.84. The summed E-state index contributed by atoms with van der Waals surface area (Å²) in [6.07, 6.45) is 0.757. The largest absolute Gasteiger partial charge is 0.464 e. The molecule has 0 aliphatic heterocycles. The maximum absolute atomic E-state index is 5.90. The Bertz CT molecular complexity index is 577. The van der Waals surface area contributed by atoms with Crippen LogP contribution in [0.1, 0.15) is 42.8 Å². The van der Waals surface area contributed by atoms with E-state index in [1.165, 1.54) is 0 Å². The van der Waals surface area contributed by atoms with Crippen molar-refractivity contribution in [1.82, 2.24) is 9.97 Å². The summed E-state index contributed by atoms with van der Waals surface area (Å²) in [5.41, 5.74) is 6.77. The molecule has 0 bridgehead atoms. The number of nitrogens with zero attached hydrogens (tertiary/aromatic N) is 2. The molecule has 2 heterocycles. The van der Waals surface area contributed by atoms with Gasteiger partial charge in [0.2, 0.25) is 0 Å². The molecule has 19 heavy (non-hydrogen) atoms. The number of furan rings is 1. The van der Waals surface area contributed by atoms with E-state index in [2.05, 4.69) is 15.3 Å². The Morgan fingerprint density at radius 2 is 2.05 bits per heavy atom. The molecule has 0 spiro atoms. The van der Waals surface area contributed by atoms with E-state index in [1.54, 1.807) is 0 Å². The van der Waals surface area contributed by atoms with Crippen LogP contribution in [0.3, 0.4) is 0 Å². The molecular formula is C14H20N4O. The highest BCUT2D eigenvalue weighted by atomic mass is 16.3. The number of nitrogens with one attached hydrogen (secondary N) is 1. The van der Waals surface area contributed by atoms with E-state index in [1.807, 2.05) is 39.8 Å². The maximum Gasteiger partial charge on any atom is 0.135 e. The van der Waals surface area contributed by atoms with E-state index in [-0.39, 0.29) is 6.04 Å². The minimum atomic E-state index is 0.0337. The number of nitrogens with two attached hydrogens (primary N) is 1. The first-order chi connectivity index (χ1) is 9.01. The van der Waals surface area contributed by atoms with Crippen molar-refractivity contribution in [3.8, 4) is 0 Å². The van der Waals surface area contributed by atoms with Crippen molar-refractivity contribution < 1.29 is 4.42 Å². The van der Waals surface area contributed by atoms with Crippen LogP contribution in [0.5, 0.6) is 0 Å². The van der Waals surface area contributed by atoms with Crippen LogP contribution in [0.15, 0.2) is 16.5 Å². The molecule has 0 saturated carbocycles. The predicted octanol–water partition coefficient (Wildman–Crippen LogP) is 3.00. The summed E-state index contributed by atoms with van der Waals surface area (Å²) < 4.78 is 5.61. The zero-order valence-corrected chi connectivity index (χ0v) is 11.8.